The molecule has 0 aromatic heterocycles. The summed E-state index contributed by atoms with van der Waals surface area (Å²) >= 11 is 0. The van der Waals surface area contributed by atoms with E-state index in [0.29, 0.717) is 18.7 Å². The van der Waals surface area contributed by atoms with Crippen LogP contribution in [0.3, 0.4) is 0 Å². The zero-order chi connectivity index (χ0) is 14.5. The molecule has 0 aliphatic rings. The highest BCUT2D eigenvalue weighted by Gasteiger charge is 2.21. The van der Waals surface area contributed by atoms with Crippen LogP contribution in [0, 0.1) is 0 Å². The third-order valence-corrected chi connectivity index (χ3v) is 4.68. The molecule has 0 atom stereocenters. The maximum atomic E-state index is 12.2. The molecule has 0 aliphatic carbocycles. The number of hydrogen-bond donors (Lipinski definition) is 1. The van der Waals surface area contributed by atoms with Crippen molar-refractivity contribution < 1.29 is 18.3 Å². The Balaban J connectivity index is 3.25. The van der Waals surface area contributed by atoms with Crippen LogP contribution in [0.2, 0.25) is 0 Å². The monoisotopic (exact) mass is 285 g/mol. The van der Waals surface area contributed by atoms with Crippen LogP contribution in [0.15, 0.2) is 29.2 Å². The van der Waals surface area contributed by atoms with Crippen molar-refractivity contribution in [1.82, 2.24) is 0 Å². The molecule has 1 rings (SSSR count). The molecule has 0 unspecified atom stereocenters. The number of aliphatic carboxylic acids is 1. The van der Waals surface area contributed by atoms with Crippen LogP contribution in [-0.4, -0.2) is 38.3 Å². The molecule has 0 saturated carbocycles. The normalized spacial score (nSPS) is 11.3. The number of benzene rings is 1. The van der Waals surface area contributed by atoms with Gasteiger partial charge in [-0.25, -0.2) is 8.42 Å². The number of sulfone groups is 1. The largest absolute Gasteiger partial charge is 0.480 e. The smallest absolute Gasteiger partial charge is 0.323 e. The average Bonchev–Trinajstić information content (AvgIpc) is 2.35. The molecule has 0 fully saturated rings. The molecule has 19 heavy (non-hydrogen) atoms. The van der Waals surface area contributed by atoms with Crippen molar-refractivity contribution in [2.24, 2.45) is 0 Å². The number of anilines is 1. The van der Waals surface area contributed by atoms with Gasteiger partial charge in [0.1, 0.15) is 6.54 Å². The number of carboxylic acid groups (broad SMARTS) is 1. The molecule has 0 radical (unpaired) electrons. The predicted octanol–water partition coefficient (Wildman–Crippen LogP) is 1.78. The van der Waals surface area contributed by atoms with Crippen LogP contribution < -0.4 is 4.90 Å². The summed E-state index contributed by atoms with van der Waals surface area (Å²) in [6.07, 6.45) is 0.529. The lowest BCUT2D eigenvalue weighted by Gasteiger charge is -2.23. The van der Waals surface area contributed by atoms with Crippen molar-refractivity contribution in [3.63, 3.8) is 0 Å². The molecule has 0 aliphatic heterocycles. The number of rotatable bonds is 7. The Hall–Kier alpha value is -1.56. The summed E-state index contributed by atoms with van der Waals surface area (Å²) < 4.78 is 24.4. The predicted molar refractivity (Wildman–Crippen MR) is 74.3 cm³/mol. The fraction of sp³-hybridized carbons (Fsp3) is 0.462. The van der Waals surface area contributed by atoms with Crippen LogP contribution in [0.5, 0.6) is 0 Å². The van der Waals surface area contributed by atoms with Gasteiger partial charge in [-0.3, -0.25) is 4.79 Å². The summed E-state index contributed by atoms with van der Waals surface area (Å²) in [4.78, 5) is 12.6. The second kappa shape index (κ2) is 6.56. The fourth-order valence-electron chi connectivity index (χ4n) is 1.89. The molecule has 1 aromatic rings. The second-order valence-electron chi connectivity index (χ2n) is 4.19. The van der Waals surface area contributed by atoms with Gasteiger partial charge in [-0.2, -0.15) is 0 Å². The van der Waals surface area contributed by atoms with Crippen molar-refractivity contribution in [3.05, 3.63) is 24.3 Å². The molecule has 1 aromatic carbocycles. The van der Waals surface area contributed by atoms with Gasteiger partial charge in [-0.1, -0.05) is 19.1 Å². The van der Waals surface area contributed by atoms with Gasteiger partial charge < -0.3 is 10.0 Å². The van der Waals surface area contributed by atoms with Gasteiger partial charge in [0.05, 0.1) is 16.3 Å². The van der Waals surface area contributed by atoms with Crippen LogP contribution >= 0.6 is 0 Å². The molecule has 6 heteroatoms. The van der Waals surface area contributed by atoms with Gasteiger partial charge >= 0.3 is 5.97 Å². The van der Waals surface area contributed by atoms with Crippen LogP contribution in [-0.2, 0) is 14.6 Å². The Morgan fingerprint density at radius 2 is 1.89 bits per heavy atom. The lowest BCUT2D eigenvalue weighted by atomic mass is 10.3. The first-order valence-corrected chi connectivity index (χ1v) is 7.86. The highest BCUT2D eigenvalue weighted by molar-refractivity contribution is 7.91. The first kappa shape index (κ1) is 15.5. The maximum absolute atomic E-state index is 12.2. The SMILES string of the molecule is CCCS(=O)(=O)c1ccccc1N(CC)CC(=O)O. The number of carboxylic acids is 1. The molecule has 1 N–H and O–H groups in total. The quantitative estimate of drug-likeness (QED) is 0.826. The van der Waals surface area contributed by atoms with E-state index in [1.165, 1.54) is 6.07 Å². The Labute approximate surface area is 113 Å². The van der Waals surface area contributed by atoms with E-state index >= 15 is 0 Å². The zero-order valence-electron chi connectivity index (χ0n) is 11.2. The average molecular weight is 285 g/mol. The van der Waals surface area contributed by atoms with E-state index in [1.807, 2.05) is 0 Å². The Bertz CT molecular complexity index is 539. The van der Waals surface area contributed by atoms with E-state index in [0.717, 1.165) is 0 Å². The summed E-state index contributed by atoms with van der Waals surface area (Å²) in [5.74, 6) is -0.918. The molecule has 5 nitrogen and oxygen atoms in total. The Morgan fingerprint density at radius 1 is 1.26 bits per heavy atom. The van der Waals surface area contributed by atoms with Crippen molar-refractivity contribution in [2.45, 2.75) is 25.2 Å². The molecule has 0 amide bonds. The van der Waals surface area contributed by atoms with E-state index in [1.54, 1.807) is 36.9 Å². The lowest BCUT2D eigenvalue weighted by Crippen LogP contribution is -2.30. The number of carbonyl (C=O) groups is 1. The fourth-order valence-corrected chi connectivity index (χ4v) is 3.45. The van der Waals surface area contributed by atoms with Gasteiger partial charge in [0, 0.05) is 6.54 Å². The van der Waals surface area contributed by atoms with Crippen molar-refractivity contribution >= 4 is 21.5 Å². The summed E-state index contributed by atoms with van der Waals surface area (Å²) in [5, 5.41) is 8.88. The zero-order valence-corrected chi connectivity index (χ0v) is 12.0. The number of hydrogen-bond acceptors (Lipinski definition) is 4. The van der Waals surface area contributed by atoms with E-state index in [4.69, 9.17) is 5.11 Å². The van der Waals surface area contributed by atoms with Crippen molar-refractivity contribution in [2.75, 3.05) is 23.7 Å². The summed E-state index contributed by atoms with van der Waals surface area (Å²) in [6.45, 7) is 3.82. The molecular formula is C13H19NO4S. The minimum atomic E-state index is -3.37. The topological polar surface area (TPSA) is 74.7 Å². The van der Waals surface area contributed by atoms with E-state index < -0.39 is 15.8 Å². The van der Waals surface area contributed by atoms with Crippen molar-refractivity contribution in [3.8, 4) is 0 Å². The summed E-state index contributed by atoms with van der Waals surface area (Å²) in [6, 6.07) is 6.55. The van der Waals surface area contributed by atoms with E-state index in [2.05, 4.69) is 0 Å². The number of nitrogens with zero attached hydrogens (tertiary/aromatic N) is 1. The van der Waals surface area contributed by atoms with Gasteiger partial charge in [0.2, 0.25) is 0 Å². The minimum absolute atomic E-state index is 0.0641. The second-order valence-corrected chi connectivity index (χ2v) is 6.27. The molecule has 0 saturated heterocycles. The molecular weight excluding hydrogens is 266 g/mol. The van der Waals surface area contributed by atoms with Crippen molar-refractivity contribution in [1.29, 1.82) is 0 Å². The highest BCUT2D eigenvalue weighted by Crippen LogP contribution is 2.26. The standard InChI is InChI=1S/C13H19NO4S/c1-3-9-19(17,18)12-8-6-5-7-11(12)14(4-2)10-13(15)16/h5-8H,3-4,9-10H2,1-2H3,(H,15,16). The number of para-hydroxylation sites is 1. The Kier molecular flexibility index (Phi) is 5.35. The Morgan fingerprint density at radius 3 is 2.42 bits per heavy atom. The third kappa shape index (κ3) is 3.96. The van der Waals surface area contributed by atoms with Gasteiger partial charge in [-0.15, -0.1) is 0 Å². The van der Waals surface area contributed by atoms with Crippen LogP contribution in [0.1, 0.15) is 20.3 Å². The minimum Gasteiger partial charge on any atom is -0.480 e. The van der Waals surface area contributed by atoms with Gasteiger partial charge in [-0.05, 0) is 25.5 Å². The first-order chi connectivity index (χ1) is 8.92. The van der Waals surface area contributed by atoms with Gasteiger partial charge in [0.25, 0.3) is 0 Å². The molecule has 0 spiro atoms. The third-order valence-electron chi connectivity index (χ3n) is 2.72. The van der Waals surface area contributed by atoms with E-state index in [9.17, 15) is 13.2 Å². The van der Waals surface area contributed by atoms with Crippen LogP contribution in [0.4, 0.5) is 5.69 Å². The molecule has 0 bridgehead atoms. The molecule has 106 valence electrons. The van der Waals surface area contributed by atoms with Gasteiger partial charge in [0.15, 0.2) is 9.84 Å². The van der Waals surface area contributed by atoms with E-state index in [-0.39, 0.29) is 17.2 Å². The summed E-state index contributed by atoms with van der Waals surface area (Å²) in [7, 11) is -3.37. The number of likely N-dealkylation sites (N-methyl/N-ethyl adjacent to an activating group) is 1. The van der Waals surface area contributed by atoms with Crippen LogP contribution in [0.25, 0.3) is 0 Å². The first-order valence-electron chi connectivity index (χ1n) is 6.21. The highest BCUT2D eigenvalue weighted by atomic mass is 32.2. The lowest BCUT2D eigenvalue weighted by molar-refractivity contribution is -0.135. The summed E-state index contributed by atoms with van der Waals surface area (Å²) in [5.41, 5.74) is 0.459. The molecule has 0 heterocycles. The maximum Gasteiger partial charge on any atom is 0.323 e.